The highest BCUT2D eigenvalue weighted by Gasteiger charge is 2.22. The summed E-state index contributed by atoms with van der Waals surface area (Å²) in [6.07, 6.45) is 1.72. The highest BCUT2D eigenvalue weighted by atomic mass is 35.5. The number of nitrogens with one attached hydrogen (secondary N) is 2. The number of benzene rings is 3. The van der Waals surface area contributed by atoms with Crippen LogP contribution in [0.2, 0.25) is 5.02 Å². The van der Waals surface area contributed by atoms with Gasteiger partial charge in [-0.15, -0.1) is 0 Å². The van der Waals surface area contributed by atoms with E-state index >= 15 is 0 Å². The quantitative estimate of drug-likeness (QED) is 0.141. The topological polar surface area (TPSA) is 116 Å². The van der Waals surface area contributed by atoms with Crippen LogP contribution in [0.1, 0.15) is 70.3 Å². The summed E-state index contributed by atoms with van der Waals surface area (Å²) in [4.78, 5) is 39.0. The molecule has 0 aliphatic carbocycles. The second kappa shape index (κ2) is 15.1. The van der Waals surface area contributed by atoms with Crippen LogP contribution >= 0.6 is 11.6 Å². The van der Waals surface area contributed by atoms with Gasteiger partial charge in [0, 0.05) is 29.8 Å². The SMILES string of the molecule is C=Cc1ccc(COc2cc(C)n(-c3cc(C(=O)OC)ccc3C)c(=O)c2Cl)c(CNC(=O)Nc2cc(C(C)(C)C)nn2-c2ccc(C)cc2)c1. The molecule has 2 N–H and O–H groups in total. The minimum atomic E-state index is -0.512. The minimum absolute atomic E-state index is 0.0741. The first-order chi connectivity index (χ1) is 24.2. The number of esters is 1. The Morgan fingerprint density at radius 3 is 2.35 bits per heavy atom. The van der Waals surface area contributed by atoms with Crippen molar-refractivity contribution in [1.29, 1.82) is 0 Å². The number of nitrogens with zero attached hydrogens (tertiary/aromatic N) is 3. The van der Waals surface area contributed by atoms with Crippen LogP contribution in [0, 0.1) is 20.8 Å². The van der Waals surface area contributed by atoms with E-state index in [4.69, 9.17) is 26.2 Å². The highest BCUT2D eigenvalue weighted by molar-refractivity contribution is 6.31. The van der Waals surface area contributed by atoms with E-state index in [1.54, 1.807) is 41.9 Å². The van der Waals surface area contributed by atoms with Gasteiger partial charge in [-0.1, -0.05) is 80.9 Å². The fourth-order valence-corrected chi connectivity index (χ4v) is 5.66. The maximum Gasteiger partial charge on any atom is 0.337 e. The number of hydrogen-bond acceptors (Lipinski definition) is 6. The molecule has 0 bridgehead atoms. The lowest BCUT2D eigenvalue weighted by atomic mass is 9.92. The van der Waals surface area contributed by atoms with Crippen molar-refractivity contribution in [2.75, 3.05) is 12.4 Å². The number of methoxy groups -OCH3 is 1. The summed E-state index contributed by atoms with van der Waals surface area (Å²) in [7, 11) is 1.30. The molecule has 5 aromatic rings. The number of amides is 2. The molecule has 0 spiro atoms. The molecule has 0 aliphatic heterocycles. The number of urea groups is 1. The lowest BCUT2D eigenvalue weighted by Crippen LogP contribution is -2.29. The third-order valence-electron chi connectivity index (χ3n) is 8.46. The number of carbonyl (C=O) groups is 2. The summed E-state index contributed by atoms with van der Waals surface area (Å²) >= 11 is 6.59. The van der Waals surface area contributed by atoms with Crippen molar-refractivity contribution < 1.29 is 19.1 Å². The van der Waals surface area contributed by atoms with Gasteiger partial charge in [-0.3, -0.25) is 14.7 Å². The zero-order chi connectivity index (χ0) is 37.0. The standard InChI is InChI=1S/C40H42ClN5O5/c1-9-27-13-15-29(23-51-33-18-26(4)45(37(47)36(33)41)32-20-28(38(48)50-8)14-12-25(32)3)30(19-27)22-42-39(49)43-35-21-34(40(5,6)7)44-46(35)31-16-10-24(2)11-17-31/h9-21H,1,22-23H2,2-8H3,(H2,42,43,49). The lowest BCUT2D eigenvalue weighted by molar-refractivity contribution is 0.0600. The molecule has 5 rings (SSSR count). The summed E-state index contributed by atoms with van der Waals surface area (Å²) in [5.74, 6) is 0.235. The van der Waals surface area contributed by atoms with Crippen molar-refractivity contribution in [2.24, 2.45) is 0 Å². The Morgan fingerprint density at radius 2 is 1.69 bits per heavy atom. The summed E-state index contributed by atoms with van der Waals surface area (Å²) < 4.78 is 14.2. The largest absolute Gasteiger partial charge is 0.487 e. The molecular formula is C40H42ClN5O5. The van der Waals surface area contributed by atoms with Crippen molar-refractivity contribution in [3.05, 3.63) is 140 Å². The van der Waals surface area contributed by atoms with Gasteiger partial charge in [0.2, 0.25) is 0 Å². The average Bonchev–Trinajstić information content (AvgIpc) is 3.53. The molecule has 2 amide bonds. The van der Waals surface area contributed by atoms with E-state index in [2.05, 4.69) is 38.0 Å². The lowest BCUT2D eigenvalue weighted by Gasteiger charge is -2.18. The van der Waals surface area contributed by atoms with Crippen molar-refractivity contribution in [2.45, 2.75) is 60.1 Å². The Morgan fingerprint density at radius 1 is 0.961 bits per heavy atom. The number of halogens is 1. The molecule has 2 heterocycles. The van der Waals surface area contributed by atoms with Gasteiger partial charge in [0.05, 0.1) is 29.7 Å². The normalized spacial score (nSPS) is 11.2. The van der Waals surface area contributed by atoms with E-state index in [0.717, 1.165) is 39.2 Å². The molecule has 11 heteroatoms. The minimum Gasteiger partial charge on any atom is -0.487 e. The molecule has 0 fully saturated rings. The first-order valence-electron chi connectivity index (χ1n) is 16.4. The molecule has 2 aromatic heterocycles. The summed E-state index contributed by atoms with van der Waals surface area (Å²) in [5.41, 5.74) is 6.66. The van der Waals surface area contributed by atoms with Gasteiger partial charge in [-0.25, -0.2) is 14.3 Å². The molecule has 0 saturated carbocycles. The molecule has 0 unspecified atom stereocenters. The molecule has 10 nitrogen and oxygen atoms in total. The Kier molecular flexibility index (Phi) is 10.9. The van der Waals surface area contributed by atoms with E-state index in [1.807, 2.05) is 62.4 Å². The maximum absolute atomic E-state index is 13.6. The van der Waals surface area contributed by atoms with Crippen LogP contribution in [0.4, 0.5) is 10.6 Å². The third-order valence-corrected chi connectivity index (χ3v) is 8.81. The van der Waals surface area contributed by atoms with E-state index in [0.29, 0.717) is 22.8 Å². The van der Waals surface area contributed by atoms with Crippen LogP contribution in [-0.4, -0.2) is 33.5 Å². The maximum atomic E-state index is 13.6. The number of aryl methyl sites for hydroxylation is 3. The van der Waals surface area contributed by atoms with E-state index < -0.39 is 17.6 Å². The van der Waals surface area contributed by atoms with E-state index in [-0.39, 0.29) is 29.3 Å². The van der Waals surface area contributed by atoms with Crippen molar-refractivity contribution in [1.82, 2.24) is 19.7 Å². The van der Waals surface area contributed by atoms with Gasteiger partial charge < -0.3 is 14.8 Å². The number of anilines is 1. The number of carbonyl (C=O) groups excluding carboxylic acids is 2. The van der Waals surface area contributed by atoms with Crippen molar-refractivity contribution in [3.63, 3.8) is 0 Å². The van der Waals surface area contributed by atoms with E-state index in [1.165, 1.54) is 11.7 Å². The highest BCUT2D eigenvalue weighted by Crippen LogP contribution is 2.28. The Balaban J connectivity index is 1.35. The fourth-order valence-electron chi connectivity index (χ4n) is 5.47. The Bertz CT molecular complexity index is 2180. The fraction of sp³-hybridized carbons (Fsp3) is 0.250. The van der Waals surface area contributed by atoms with Gasteiger partial charge in [-0.2, -0.15) is 5.10 Å². The second-order valence-corrected chi connectivity index (χ2v) is 13.7. The number of ether oxygens (including phenoxy) is 2. The van der Waals surface area contributed by atoms with Crippen molar-refractivity contribution in [3.8, 4) is 17.1 Å². The Hall–Kier alpha value is -5.61. The third kappa shape index (κ3) is 8.24. The summed E-state index contributed by atoms with van der Waals surface area (Å²) in [6, 6.07) is 21.8. The molecule has 0 atom stereocenters. The summed E-state index contributed by atoms with van der Waals surface area (Å²) in [6.45, 7) is 16.0. The first kappa shape index (κ1) is 36.7. The van der Waals surface area contributed by atoms with Gasteiger partial charge in [0.15, 0.2) is 0 Å². The predicted octanol–water partition coefficient (Wildman–Crippen LogP) is 8.23. The zero-order valence-electron chi connectivity index (χ0n) is 29.9. The van der Waals surface area contributed by atoms with Crippen LogP contribution in [0.3, 0.4) is 0 Å². The monoisotopic (exact) mass is 707 g/mol. The molecule has 51 heavy (non-hydrogen) atoms. The van der Waals surface area contributed by atoms with Crippen LogP contribution in [0.15, 0.2) is 84.2 Å². The smallest absolute Gasteiger partial charge is 0.337 e. The average molecular weight is 708 g/mol. The number of pyridine rings is 1. The van der Waals surface area contributed by atoms with Crippen LogP contribution in [-0.2, 0) is 23.3 Å². The molecular weight excluding hydrogens is 666 g/mol. The van der Waals surface area contributed by atoms with Crippen molar-refractivity contribution >= 4 is 35.5 Å². The molecule has 0 radical (unpaired) electrons. The molecule has 0 aliphatic rings. The van der Waals surface area contributed by atoms with E-state index in [9.17, 15) is 14.4 Å². The number of hydrogen-bond donors (Lipinski definition) is 2. The van der Waals surface area contributed by atoms with Gasteiger partial charge >= 0.3 is 12.0 Å². The number of rotatable bonds is 10. The van der Waals surface area contributed by atoms with Gasteiger partial charge in [0.1, 0.15) is 23.2 Å². The van der Waals surface area contributed by atoms with Gasteiger partial charge in [-0.05, 0) is 73.4 Å². The second-order valence-electron chi connectivity index (χ2n) is 13.3. The number of aromatic nitrogens is 3. The Labute approximate surface area is 302 Å². The predicted molar refractivity (Wildman–Crippen MR) is 202 cm³/mol. The molecule has 264 valence electrons. The molecule has 0 saturated heterocycles. The first-order valence-corrected chi connectivity index (χ1v) is 16.8. The summed E-state index contributed by atoms with van der Waals surface area (Å²) in [5, 5.41) is 10.6. The van der Waals surface area contributed by atoms with Crippen LogP contribution in [0.25, 0.3) is 17.5 Å². The zero-order valence-corrected chi connectivity index (χ0v) is 30.6. The van der Waals surface area contributed by atoms with Gasteiger partial charge in [0.25, 0.3) is 5.56 Å². The van der Waals surface area contributed by atoms with Crippen LogP contribution < -0.4 is 20.9 Å². The molecule has 3 aromatic carbocycles. The van der Waals surface area contributed by atoms with Crippen LogP contribution in [0.5, 0.6) is 5.75 Å².